The third kappa shape index (κ3) is 3.64. The lowest BCUT2D eigenvalue weighted by Gasteiger charge is -2.15. The van der Waals surface area contributed by atoms with Crippen molar-refractivity contribution < 1.29 is 5.11 Å². The summed E-state index contributed by atoms with van der Waals surface area (Å²) >= 11 is 3.39. The van der Waals surface area contributed by atoms with E-state index in [0.29, 0.717) is 0 Å². The van der Waals surface area contributed by atoms with Gasteiger partial charge in [0.15, 0.2) is 0 Å². The summed E-state index contributed by atoms with van der Waals surface area (Å²) in [7, 11) is 0. The number of rotatable bonds is 5. The second-order valence-corrected chi connectivity index (χ2v) is 5.82. The van der Waals surface area contributed by atoms with Gasteiger partial charge in [0.2, 0.25) is 0 Å². The molecule has 2 aromatic heterocycles. The minimum absolute atomic E-state index is 0.275. The van der Waals surface area contributed by atoms with Crippen LogP contribution in [0.25, 0.3) is 11.0 Å². The summed E-state index contributed by atoms with van der Waals surface area (Å²) in [5.41, 5.74) is 2.65. The van der Waals surface area contributed by atoms with Crippen LogP contribution < -0.4 is 5.32 Å². The van der Waals surface area contributed by atoms with E-state index in [1.54, 1.807) is 12.4 Å². The van der Waals surface area contributed by atoms with Crippen LogP contribution in [0.15, 0.2) is 29.0 Å². The third-order valence-corrected chi connectivity index (χ3v) is 3.50. The Morgan fingerprint density at radius 2 is 2.16 bits per heavy atom. The first kappa shape index (κ1) is 14.2. The predicted molar refractivity (Wildman–Crippen MR) is 81.2 cm³/mol. The van der Waals surface area contributed by atoms with E-state index in [0.717, 1.165) is 34.2 Å². The van der Waals surface area contributed by atoms with Gasteiger partial charge in [-0.3, -0.25) is 9.97 Å². The Kier molecular flexibility index (Phi) is 4.71. The van der Waals surface area contributed by atoms with Gasteiger partial charge in [-0.25, -0.2) is 0 Å². The Bertz CT molecular complexity index is 559. The van der Waals surface area contributed by atoms with Crippen molar-refractivity contribution in [1.82, 2.24) is 9.97 Å². The number of anilines is 1. The van der Waals surface area contributed by atoms with E-state index in [-0.39, 0.29) is 12.0 Å². The maximum Gasteiger partial charge on any atom is 0.112 e. The van der Waals surface area contributed by atoms with Crippen molar-refractivity contribution in [1.29, 1.82) is 0 Å². The number of halogens is 1. The summed E-state index contributed by atoms with van der Waals surface area (Å²) in [4.78, 5) is 8.67. The maximum atomic E-state index is 9.78. The topological polar surface area (TPSA) is 58.0 Å². The summed E-state index contributed by atoms with van der Waals surface area (Å²) in [5, 5.41) is 13.1. The molecule has 0 amide bonds. The lowest BCUT2D eigenvalue weighted by molar-refractivity contribution is 0.120. The van der Waals surface area contributed by atoms with Crippen molar-refractivity contribution in [2.45, 2.75) is 26.4 Å². The van der Waals surface area contributed by atoms with Crippen molar-refractivity contribution in [3.8, 4) is 0 Å². The standard InChI is InChI=1S/C14H18BrN3O/c1-9(2)13(19)4-6-16-11-3-5-17-12-7-10(15)8-18-14(11)12/h3,5,7-9,13,19H,4,6H2,1-2H3,(H,16,17). The van der Waals surface area contributed by atoms with Gasteiger partial charge < -0.3 is 10.4 Å². The summed E-state index contributed by atoms with van der Waals surface area (Å²) in [5.74, 6) is 0.282. The number of aromatic nitrogens is 2. The monoisotopic (exact) mass is 323 g/mol. The first-order valence-corrected chi connectivity index (χ1v) is 7.19. The normalized spacial score (nSPS) is 12.9. The van der Waals surface area contributed by atoms with Crippen LogP contribution >= 0.6 is 15.9 Å². The molecule has 4 nitrogen and oxygen atoms in total. The number of aliphatic hydroxyl groups excluding tert-OH is 1. The van der Waals surface area contributed by atoms with Crippen LogP contribution in [0.3, 0.4) is 0 Å². The molecule has 0 aliphatic carbocycles. The van der Waals surface area contributed by atoms with E-state index in [1.165, 1.54) is 0 Å². The zero-order chi connectivity index (χ0) is 13.8. The molecule has 2 heterocycles. The fourth-order valence-corrected chi connectivity index (χ4v) is 2.16. The van der Waals surface area contributed by atoms with Crippen molar-refractivity contribution in [2.24, 2.45) is 5.92 Å². The molecule has 0 bridgehead atoms. The van der Waals surface area contributed by atoms with Gasteiger partial charge in [-0.15, -0.1) is 0 Å². The van der Waals surface area contributed by atoms with E-state index >= 15 is 0 Å². The fraction of sp³-hybridized carbons (Fsp3) is 0.429. The van der Waals surface area contributed by atoms with Crippen LogP contribution in [0.1, 0.15) is 20.3 Å². The van der Waals surface area contributed by atoms with Crippen molar-refractivity contribution in [3.63, 3.8) is 0 Å². The molecule has 0 fully saturated rings. The molecule has 0 aliphatic heterocycles. The van der Waals surface area contributed by atoms with Gasteiger partial charge in [-0.1, -0.05) is 13.8 Å². The minimum atomic E-state index is -0.275. The van der Waals surface area contributed by atoms with Crippen molar-refractivity contribution in [2.75, 3.05) is 11.9 Å². The summed E-state index contributed by atoms with van der Waals surface area (Å²) in [6.07, 6.45) is 3.97. The molecule has 0 radical (unpaired) electrons. The molecule has 0 saturated carbocycles. The molecule has 5 heteroatoms. The number of hydrogen-bond donors (Lipinski definition) is 2. The molecule has 0 aromatic carbocycles. The van der Waals surface area contributed by atoms with Crippen LogP contribution in [0.5, 0.6) is 0 Å². The number of fused-ring (bicyclic) bond motifs is 1. The smallest absolute Gasteiger partial charge is 0.112 e. The minimum Gasteiger partial charge on any atom is -0.393 e. The molecule has 0 saturated heterocycles. The van der Waals surface area contributed by atoms with E-state index in [4.69, 9.17) is 0 Å². The van der Waals surface area contributed by atoms with Crippen LogP contribution in [0.4, 0.5) is 5.69 Å². The molecule has 1 atom stereocenters. The van der Waals surface area contributed by atoms with E-state index in [2.05, 4.69) is 31.2 Å². The first-order chi connectivity index (χ1) is 9.08. The Morgan fingerprint density at radius 1 is 1.37 bits per heavy atom. The highest BCUT2D eigenvalue weighted by molar-refractivity contribution is 9.10. The van der Waals surface area contributed by atoms with E-state index < -0.39 is 0 Å². The zero-order valence-electron chi connectivity index (χ0n) is 11.1. The van der Waals surface area contributed by atoms with Crippen LogP contribution in [-0.4, -0.2) is 27.7 Å². The SMILES string of the molecule is CC(C)C(O)CCNc1ccnc2cc(Br)cnc12. The quantitative estimate of drug-likeness (QED) is 0.887. The Hall–Kier alpha value is -1.20. The Balaban J connectivity index is 2.09. The highest BCUT2D eigenvalue weighted by atomic mass is 79.9. The van der Waals surface area contributed by atoms with E-state index in [9.17, 15) is 5.11 Å². The van der Waals surface area contributed by atoms with Crippen LogP contribution in [-0.2, 0) is 0 Å². The number of pyridine rings is 2. The number of aliphatic hydroxyl groups is 1. The molecule has 0 spiro atoms. The summed E-state index contributed by atoms with van der Waals surface area (Å²) < 4.78 is 0.917. The van der Waals surface area contributed by atoms with Gasteiger partial charge in [-0.2, -0.15) is 0 Å². The van der Waals surface area contributed by atoms with Gasteiger partial charge in [-0.05, 0) is 40.4 Å². The molecule has 19 heavy (non-hydrogen) atoms. The van der Waals surface area contributed by atoms with Crippen molar-refractivity contribution >= 4 is 32.7 Å². The lowest BCUT2D eigenvalue weighted by atomic mass is 10.0. The average molecular weight is 324 g/mol. The maximum absolute atomic E-state index is 9.78. The second kappa shape index (κ2) is 6.30. The van der Waals surface area contributed by atoms with Gasteiger partial charge in [0.25, 0.3) is 0 Å². The van der Waals surface area contributed by atoms with Gasteiger partial charge in [0.1, 0.15) is 5.52 Å². The highest BCUT2D eigenvalue weighted by Crippen LogP contribution is 2.22. The third-order valence-electron chi connectivity index (χ3n) is 3.07. The fourth-order valence-electron chi connectivity index (χ4n) is 1.84. The number of nitrogens with one attached hydrogen (secondary N) is 1. The van der Waals surface area contributed by atoms with Gasteiger partial charge in [0, 0.05) is 23.4 Å². The molecule has 1 unspecified atom stereocenters. The lowest BCUT2D eigenvalue weighted by Crippen LogP contribution is -2.19. The Morgan fingerprint density at radius 3 is 2.89 bits per heavy atom. The molecular formula is C14H18BrN3O. The molecule has 2 N–H and O–H groups in total. The van der Waals surface area contributed by atoms with Gasteiger partial charge in [0.05, 0.1) is 17.3 Å². The zero-order valence-corrected chi connectivity index (χ0v) is 12.7. The second-order valence-electron chi connectivity index (χ2n) is 4.91. The summed E-state index contributed by atoms with van der Waals surface area (Å²) in [6, 6.07) is 3.85. The first-order valence-electron chi connectivity index (χ1n) is 6.40. The van der Waals surface area contributed by atoms with E-state index in [1.807, 2.05) is 26.0 Å². The average Bonchev–Trinajstić information content (AvgIpc) is 2.38. The molecule has 102 valence electrons. The molecule has 0 aliphatic rings. The van der Waals surface area contributed by atoms with Crippen LogP contribution in [0.2, 0.25) is 0 Å². The van der Waals surface area contributed by atoms with Crippen molar-refractivity contribution in [3.05, 3.63) is 29.0 Å². The predicted octanol–water partition coefficient (Wildman–Crippen LogP) is 3.21. The number of nitrogens with zero attached hydrogens (tertiary/aromatic N) is 2. The van der Waals surface area contributed by atoms with Crippen LogP contribution in [0, 0.1) is 5.92 Å². The molecule has 2 rings (SSSR count). The molecule has 2 aromatic rings. The Labute approximate surface area is 121 Å². The van der Waals surface area contributed by atoms with Gasteiger partial charge >= 0.3 is 0 Å². The number of hydrogen-bond acceptors (Lipinski definition) is 4. The largest absolute Gasteiger partial charge is 0.393 e. The summed E-state index contributed by atoms with van der Waals surface area (Å²) in [6.45, 7) is 4.76. The molecular weight excluding hydrogens is 306 g/mol. The highest BCUT2D eigenvalue weighted by Gasteiger charge is 2.09.